The van der Waals surface area contributed by atoms with Gasteiger partial charge in [-0.1, -0.05) is 20.8 Å². The second kappa shape index (κ2) is 3.50. The number of carbonyl (C=O) groups excluding carboxylic acids is 1. The summed E-state index contributed by atoms with van der Waals surface area (Å²) in [5, 5.41) is 0. The van der Waals surface area contributed by atoms with Crippen LogP contribution in [0.1, 0.15) is 53.2 Å². The molecule has 1 heterocycles. The zero-order valence-electron chi connectivity index (χ0n) is 8.96. The van der Waals surface area contributed by atoms with Crippen molar-refractivity contribution in [2.75, 3.05) is 0 Å². The molecule has 2 rings (SSSR count). The highest BCUT2D eigenvalue weighted by molar-refractivity contribution is 7.14. The van der Waals surface area contributed by atoms with E-state index in [-0.39, 0.29) is 5.92 Å². The topological polar surface area (TPSA) is 17.1 Å². The number of fused-ring (bicyclic) bond motifs is 1. The minimum atomic E-state index is 0.237. The molecule has 0 fully saturated rings. The number of hydrogen-bond acceptors (Lipinski definition) is 2. The third-order valence-corrected chi connectivity index (χ3v) is 4.41. The molecule has 0 N–H and O–H groups in total. The molecule has 0 bridgehead atoms. The van der Waals surface area contributed by atoms with E-state index in [1.54, 1.807) is 11.3 Å². The predicted octanol–water partition coefficient (Wildman–Crippen LogP) is 3.64. The third-order valence-electron chi connectivity index (χ3n) is 2.92. The summed E-state index contributed by atoms with van der Waals surface area (Å²) in [7, 11) is 0. The van der Waals surface area contributed by atoms with Gasteiger partial charge >= 0.3 is 0 Å². The predicted molar refractivity (Wildman–Crippen MR) is 60.2 cm³/mol. The summed E-state index contributed by atoms with van der Waals surface area (Å²) in [4.78, 5) is 14.3. The molecular formula is C12H16OS. The highest BCUT2D eigenvalue weighted by Crippen LogP contribution is 2.35. The van der Waals surface area contributed by atoms with Crippen molar-refractivity contribution in [1.82, 2.24) is 0 Å². The van der Waals surface area contributed by atoms with Crippen molar-refractivity contribution in [2.24, 2.45) is 5.92 Å². The summed E-state index contributed by atoms with van der Waals surface area (Å²) in [6.45, 7) is 6.41. The Labute approximate surface area is 89.1 Å². The molecule has 0 saturated carbocycles. The van der Waals surface area contributed by atoms with Gasteiger partial charge in [-0.05, 0) is 30.4 Å². The van der Waals surface area contributed by atoms with Gasteiger partial charge < -0.3 is 0 Å². The quantitative estimate of drug-likeness (QED) is 0.688. The van der Waals surface area contributed by atoms with Crippen molar-refractivity contribution in [2.45, 2.75) is 39.5 Å². The Morgan fingerprint density at radius 3 is 2.86 bits per heavy atom. The van der Waals surface area contributed by atoms with Gasteiger partial charge in [0.15, 0.2) is 5.78 Å². The molecule has 0 aliphatic heterocycles. The van der Waals surface area contributed by atoms with Crippen LogP contribution in [0.4, 0.5) is 0 Å². The van der Waals surface area contributed by atoms with Crippen LogP contribution in [-0.2, 0) is 6.42 Å². The number of thiophene rings is 1. The van der Waals surface area contributed by atoms with Crippen LogP contribution in [0.3, 0.4) is 0 Å². The second-order valence-electron chi connectivity index (χ2n) is 4.46. The Hall–Kier alpha value is -0.630. The first-order valence-electron chi connectivity index (χ1n) is 5.26. The van der Waals surface area contributed by atoms with Gasteiger partial charge in [0, 0.05) is 10.8 Å². The number of Topliss-reactive ketones (excluding diaryl/α,β-unsaturated/α-hetero) is 1. The molecule has 0 saturated heterocycles. The maximum absolute atomic E-state index is 11.9. The van der Waals surface area contributed by atoms with Crippen molar-refractivity contribution in [1.29, 1.82) is 0 Å². The van der Waals surface area contributed by atoms with Crippen molar-refractivity contribution >= 4 is 17.1 Å². The highest BCUT2D eigenvalue weighted by Gasteiger charge is 2.26. The van der Waals surface area contributed by atoms with Gasteiger partial charge in [0.05, 0.1) is 4.88 Å². The number of hydrogen-bond donors (Lipinski definition) is 0. The van der Waals surface area contributed by atoms with Crippen LogP contribution >= 0.6 is 11.3 Å². The Bertz CT molecular complexity index is 362. The van der Waals surface area contributed by atoms with Crippen LogP contribution in [0.25, 0.3) is 0 Å². The van der Waals surface area contributed by atoms with Crippen molar-refractivity contribution in [3.8, 4) is 0 Å². The fraction of sp³-hybridized carbons (Fsp3) is 0.583. The maximum atomic E-state index is 11.9. The summed E-state index contributed by atoms with van der Waals surface area (Å²) < 4.78 is 0. The highest BCUT2D eigenvalue weighted by atomic mass is 32.1. The van der Waals surface area contributed by atoms with Gasteiger partial charge in [-0.2, -0.15) is 0 Å². The maximum Gasteiger partial charge on any atom is 0.175 e. The van der Waals surface area contributed by atoms with Crippen molar-refractivity contribution in [3.63, 3.8) is 0 Å². The SMILES string of the molecule is CC1CCc2cc(C(C)C)sc2C1=O. The minimum Gasteiger partial charge on any atom is -0.293 e. The zero-order chi connectivity index (χ0) is 10.3. The molecule has 0 amide bonds. The summed E-state index contributed by atoms with van der Waals surface area (Å²) in [5.41, 5.74) is 1.29. The monoisotopic (exact) mass is 208 g/mol. The van der Waals surface area contributed by atoms with Crippen molar-refractivity contribution < 1.29 is 4.79 Å². The van der Waals surface area contributed by atoms with E-state index < -0.39 is 0 Å². The molecule has 1 nitrogen and oxygen atoms in total. The fourth-order valence-electron chi connectivity index (χ4n) is 1.86. The Kier molecular flexibility index (Phi) is 2.48. The molecule has 0 radical (unpaired) electrons. The second-order valence-corrected chi connectivity index (χ2v) is 5.55. The standard InChI is InChI=1S/C12H16OS/c1-7(2)10-6-9-5-4-8(3)11(13)12(9)14-10/h6-8H,4-5H2,1-3H3. The van der Waals surface area contributed by atoms with Crippen molar-refractivity contribution in [3.05, 3.63) is 21.4 Å². The summed E-state index contributed by atoms with van der Waals surface area (Å²) >= 11 is 1.71. The van der Waals surface area contributed by atoms with Gasteiger partial charge in [0.25, 0.3) is 0 Å². The normalized spacial score (nSPS) is 21.4. The molecule has 76 valence electrons. The van der Waals surface area contributed by atoms with E-state index in [0.717, 1.165) is 17.7 Å². The summed E-state index contributed by atoms with van der Waals surface area (Å²) in [6, 6.07) is 2.23. The zero-order valence-corrected chi connectivity index (χ0v) is 9.78. The average Bonchev–Trinajstić information content (AvgIpc) is 2.56. The lowest BCUT2D eigenvalue weighted by Gasteiger charge is -2.15. The van der Waals surface area contributed by atoms with Crippen LogP contribution in [-0.4, -0.2) is 5.78 Å². The van der Waals surface area contributed by atoms with Crippen LogP contribution in [0.15, 0.2) is 6.07 Å². The Morgan fingerprint density at radius 1 is 1.50 bits per heavy atom. The van der Waals surface area contributed by atoms with Crippen LogP contribution < -0.4 is 0 Å². The van der Waals surface area contributed by atoms with Gasteiger partial charge in [0.1, 0.15) is 0 Å². The molecule has 1 aromatic heterocycles. The largest absolute Gasteiger partial charge is 0.293 e. The molecule has 14 heavy (non-hydrogen) atoms. The Balaban J connectivity index is 2.41. The van der Waals surface area contributed by atoms with E-state index in [4.69, 9.17) is 0 Å². The van der Waals surface area contributed by atoms with Crippen LogP contribution in [0.2, 0.25) is 0 Å². The number of aryl methyl sites for hydroxylation is 1. The van der Waals surface area contributed by atoms with E-state index in [1.807, 2.05) is 6.92 Å². The molecule has 1 aromatic rings. The molecule has 1 aliphatic rings. The van der Waals surface area contributed by atoms with E-state index in [0.29, 0.717) is 11.7 Å². The van der Waals surface area contributed by atoms with E-state index >= 15 is 0 Å². The first kappa shape index (κ1) is 9.91. The number of ketones is 1. The molecule has 0 spiro atoms. The summed E-state index contributed by atoms with van der Waals surface area (Å²) in [5.74, 6) is 1.15. The van der Waals surface area contributed by atoms with Gasteiger partial charge in [-0.15, -0.1) is 11.3 Å². The molecule has 2 heteroatoms. The lowest BCUT2D eigenvalue weighted by molar-refractivity contribution is 0.0918. The molecule has 1 atom stereocenters. The lowest BCUT2D eigenvalue weighted by Crippen LogP contribution is -2.17. The lowest BCUT2D eigenvalue weighted by atomic mass is 9.89. The number of carbonyl (C=O) groups is 1. The van der Waals surface area contributed by atoms with Gasteiger partial charge in [0.2, 0.25) is 0 Å². The number of rotatable bonds is 1. The first-order valence-corrected chi connectivity index (χ1v) is 6.08. The third kappa shape index (κ3) is 1.52. The van der Waals surface area contributed by atoms with Crippen LogP contribution in [0.5, 0.6) is 0 Å². The Morgan fingerprint density at radius 2 is 2.21 bits per heavy atom. The van der Waals surface area contributed by atoms with Gasteiger partial charge in [-0.3, -0.25) is 4.79 Å². The smallest absolute Gasteiger partial charge is 0.175 e. The fourth-order valence-corrected chi connectivity index (χ4v) is 3.12. The first-order chi connectivity index (χ1) is 6.59. The van der Waals surface area contributed by atoms with E-state index in [1.165, 1.54) is 10.4 Å². The molecule has 1 aliphatic carbocycles. The summed E-state index contributed by atoms with van der Waals surface area (Å²) in [6.07, 6.45) is 2.12. The van der Waals surface area contributed by atoms with E-state index in [2.05, 4.69) is 19.9 Å². The molecule has 0 aromatic carbocycles. The molecular weight excluding hydrogens is 192 g/mol. The average molecular weight is 208 g/mol. The van der Waals surface area contributed by atoms with Crippen LogP contribution in [0, 0.1) is 5.92 Å². The van der Waals surface area contributed by atoms with E-state index in [9.17, 15) is 4.79 Å². The van der Waals surface area contributed by atoms with Gasteiger partial charge in [-0.25, -0.2) is 0 Å². The molecule has 1 unspecified atom stereocenters. The minimum absolute atomic E-state index is 0.237.